The minimum absolute atomic E-state index is 0.0894. The van der Waals surface area contributed by atoms with Gasteiger partial charge in [-0.2, -0.15) is 0 Å². The molecule has 0 aromatic heterocycles. The maximum absolute atomic E-state index is 8.84. The van der Waals surface area contributed by atoms with E-state index in [1.807, 2.05) is 28.9 Å². The Balaban J connectivity index is 2.82. The van der Waals surface area contributed by atoms with Crippen molar-refractivity contribution in [2.45, 2.75) is 0 Å². The van der Waals surface area contributed by atoms with E-state index in [2.05, 4.69) is 6.58 Å². The van der Waals surface area contributed by atoms with Crippen LogP contribution in [0.2, 0.25) is 0 Å². The Kier molecular flexibility index (Phi) is 4.29. The second-order valence-electron chi connectivity index (χ2n) is 3.10. The first-order valence-corrected chi connectivity index (χ1v) is 4.66. The molecule has 1 aliphatic rings. The van der Waals surface area contributed by atoms with Crippen LogP contribution in [-0.2, 0) is 0 Å². The SMILES string of the molecule is C=C1C=CC(=[N+](CCO)CCO)C=C1. The molecule has 76 valence electrons. The minimum Gasteiger partial charge on any atom is -0.390 e. The first-order valence-electron chi connectivity index (χ1n) is 4.66. The molecule has 0 aliphatic heterocycles. The largest absolute Gasteiger partial charge is 0.390 e. The number of rotatable bonds is 4. The van der Waals surface area contributed by atoms with Crippen LogP contribution < -0.4 is 0 Å². The van der Waals surface area contributed by atoms with Crippen LogP contribution in [0.25, 0.3) is 0 Å². The highest BCUT2D eigenvalue weighted by atomic mass is 16.3. The van der Waals surface area contributed by atoms with Gasteiger partial charge in [-0.1, -0.05) is 6.58 Å². The van der Waals surface area contributed by atoms with Gasteiger partial charge < -0.3 is 10.2 Å². The smallest absolute Gasteiger partial charge is 0.200 e. The lowest BCUT2D eigenvalue weighted by molar-refractivity contribution is -0.530. The van der Waals surface area contributed by atoms with E-state index >= 15 is 0 Å². The molecule has 3 nitrogen and oxygen atoms in total. The highest BCUT2D eigenvalue weighted by Gasteiger charge is 2.10. The zero-order chi connectivity index (χ0) is 10.4. The normalized spacial score (nSPS) is 15.0. The summed E-state index contributed by atoms with van der Waals surface area (Å²) in [4.78, 5) is 0. The Labute approximate surface area is 84.0 Å². The maximum Gasteiger partial charge on any atom is 0.200 e. The van der Waals surface area contributed by atoms with Crippen LogP contribution in [0.1, 0.15) is 0 Å². The van der Waals surface area contributed by atoms with Crippen molar-refractivity contribution in [3.8, 4) is 0 Å². The molecule has 14 heavy (non-hydrogen) atoms. The topological polar surface area (TPSA) is 43.5 Å². The first-order chi connectivity index (χ1) is 6.77. The molecule has 0 amide bonds. The van der Waals surface area contributed by atoms with Crippen LogP contribution >= 0.6 is 0 Å². The number of nitrogens with zero attached hydrogens (tertiary/aromatic N) is 1. The monoisotopic (exact) mass is 194 g/mol. The average molecular weight is 194 g/mol. The fourth-order valence-corrected chi connectivity index (χ4v) is 1.32. The van der Waals surface area contributed by atoms with E-state index in [1.165, 1.54) is 0 Å². The molecule has 3 heteroatoms. The maximum atomic E-state index is 8.84. The summed E-state index contributed by atoms with van der Waals surface area (Å²) in [5, 5.41) is 17.7. The van der Waals surface area contributed by atoms with Crippen molar-refractivity contribution in [2.24, 2.45) is 0 Å². The van der Waals surface area contributed by atoms with Gasteiger partial charge in [-0.25, -0.2) is 4.58 Å². The Bertz CT molecular complexity index is 274. The van der Waals surface area contributed by atoms with Crippen LogP contribution in [0.4, 0.5) is 0 Å². The molecular weight excluding hydrogens is 178 g/mol. The van der Waals surface area contributed by atoms with Gasteiger partial charge in [0.25, 0.3) is 0 Å². The Morgan fingerprint density at radius 1 is 1.00 bits per heavy atom. The summed E-state index contributed by atoms with van der Waals surface area (Å²) >= 11 is 0. The second-order valence-corrected chi connectivity index (χ2v) is 3.10. The summed E-state index contributed by atoms with van der Waals surface area (Å²) < 4.78 is 1.93. The van der Waals surface area contributed by atoms with Crippen molar-refractivity contribution in [3.05, 3.63) is 36.5 Å². The Hall–Kier alpha value is -1.19. The van der Waals surface area contributed by atoms with Crippen molar-refractivity contribution in [1.82, 2.24) is 0 Å². The van der Waals surface area contributed by atoms with Gasteiger partial charge in [-0.15, -0.1) is 0 Å². The Morgan fingerprint density at radius 3 is 1.93 bits per heavy atom. The average Bonchev–Trinajstić information content (AvgIpc) is 2.19. The third kappa shape index (κ3) is 2.94. The van der Waals surface area contributed by atoms with Gasteiger partial charge in [0.15, 0.2) is 18.8 Å². The number of aliphatic hydroxyl groups excluding tert-OH is 2. The minimum atomic E-state index is 0.0894. The lowest BCUT2D eigenvalue weighted by Gasteiger charge is -2.05. The number of hydrogen-bond donors (Lipinski definition) is 2. The molecule has 0 heterocycles. The zero-order valence-electron chi connectivity index (χ0n) is 8.19. The van der Waals surface area contributed by atoms with Crippen molar-refractivity contribution in [2.75, 3.05) is 26.3 Å². The Morgan fingerprint density at radius 2 is 1.50 bits per heavy atom. The van der Waals surface area contributed by atoms with Gasteiger partial charge in [-0.3, -0.25) is 0 Å². The van der Waals surface area contributed by atoms with Gasteiger partial charge in [0, 0.05) is 12.2 Å². The molecule has 0 atom stereocenters. The van der Waals surface area contributed by atoms with Crippen LogP contribution in [0.5, 0.6) is 0 Å². The highest BCUT2D eigenvalue weighted by molar-refractivity contribution is 6.02. The number of allylic oxidation sites excluding steroid dienone is 5. The molecule has 0 radical (unpaired) electrons. The quantitative estimate of drug-likeness (QED) is 0.624. The second kappa shape index (κ2) is 5.52. The predicted octanol–water partition coefficient (Wildman–Crippen LogP) is 0.107. The number of aliphatic hydroxyl groups is 2. The molecule has 0 spiro atoms. The van der Waals surface area contributed by atoms with Gasteiger partial charge in [0.1, 0.15) is 13.2 Å². The molecule has 0 saturated carbocycles. The van der Waals surface area contributed by atoms with Crippen molar-refractivity contribution < 1.29 is 14.8 Å². The van der Waals surface area contributed by atoms with Gasteiger partial charge in [-0.05, 0) is 17.7 Å². The van der Waals surface area contributed by atoms with Crippen LogP contribution in [0.15, 0.2) is 36.5 Å². The molecule has 0 aromatic rings. The summed E-state index contributed by atoms with van der Waals surface area (Å²) in [6, 6.07) is 0. The predicted molar refractivity (Wildman–Crippen MR) is 56.6 cm³/mol. The molecule has 0 bridgehead atoms. The molecule has 2 N–H and O–H groups in total. The fourth-order valence-electron chi connectivity index (χ4n) is 1.32. The molecule has 0 unspecified atom stereocenters. The number of hydrogen-bond acceptors (Lipinski definition) is 2. The van der Waals surface area contributed by atoms with E-state index in [9.17, 15) is 0 Å². The van der Waals surface area contributed by atoms with Crippen LogP contribution in [0, 0.1) is 0 Å². The van der Waals surface area contributed by atoms with Crippen molar-refractivity contribution in [3.63, 3.8) is 0 Å². The third-order valence-corrected chi connectivity index (χ3v) is 2.04. The fraction of sp³-hybridized carbons (Fsp3) is 0.364. The van der Waals surface area contributed by atoms with E-state index in [0.717, 1.165) is 11.3 Å². The van der Waals surface area contributed by atoms with Crippen molar-refractivity contribution in [1.29, 1.82) is 0 Å². The van der Waals surface area contributed by atoms with E-state index < -0.39 is 0 Å². The van der Waals surface area contributed by atoms with Gasteiger partial charge >= 0.3 is 0 Å². The van der Waals surface area contributed by atoms with E-state index in [4.69, 9.17) is 10.2 Å². The molecule has 0 saturated heterocycles. The summed E-state index contributed by atoms with van der Waals surface area (Å²) in [6.07, 6.45) is 7.70. The molecule has 1 rings (SSSR count). The summed E-state index contributed by atoms with van der Waals surface area (Å²) in [5.41, 5.74) is 1.96. The summed E-state index contributed by atoms with van der Waals surface area (Å²) in [5.74, 6) is 0. The first kappa shape index (κ1) is 10.9. The van der Waals surface area contributed by atoms with Gasteiger partial charge in [0.05, 0.1) is 0 Å². The molecular formula is C11H16NO2+. The lowest BCUT2D eigenvalue weighted by Crippen LogP contribution is -2.25. The van der Waals surface area contributed by atoms with E-state index in [1.54, 1.807) is 0 Å². The third-order valence-electron chi connectivity index (χ3n) is 2.04. The van der Waals surface area contributed by atoms with Crippen LogP contribution in [-0.4, -0.2) is 46.8 Å². The lowest BCUT2D eigenvalue weighted by atomic mass is 10.1. The summed E-state index contributed by atoms with van der Waals surface area (Å²) in [6.45, 7) is 5.05. The highest BCUT2D eigenvalue weighted by Crippen LogP contribution is 2.03. The van der Waals surface area contributed by atoms with E-state index in [0.29, 0.717) is 13.1 Å². The molecule has 1 aliphatic carbocycles. The zero-order valence-corrected chi connectivity index (χ0v) is 8.19. The van der Waals surface area contributed by atoms with Gasteiger partial charge in [0.2, 0.25) is 0 Å². The summed E-state index contributed by atoms with van der Waals surface area (Å²) in [7, 11) is 0. The molecule has 0 aromatic carbocycles. The van der Waals surface area contributed by atoms with Crippen molar-refractivity contribution >= 4 is 5.71 Å². The standard InChI is InChI=1S/C11H16NO2/c1-10-2-4-11(5-3-10)12(6-8-13)7-9-14/h2-5,13-14H,1,6-9H2/q+1. The van der Waals surface area contributed by atoms with E-state index in [-0.39, 0.29) is 13.2 Å². The van der Waals surface area contributed by atoms with Crippen LogP contribution in [0.3, 0.4) is 0 Å². The molecule has 0 fully saturated rings.